The lowest BCUT2D eigenvalue weighted by Gasteiger charge is -2.21. The van der Waals surface area contributed by atoms with Crippen molar-refractivity contribution >= 4 is 8.56 Å². The predicted octanol–water partition coefficient (Wildman–Crippen LogP) is -0.363. The minimum Gasteiger partial charge on any atom is -0.398 e. The molecule has 0 bridgehead atoms. The van der Waals surface area contributed by atoms with E-state index in [9.17, 15) is 0 Å². The van der Waals surface area contributed by atoms with Crippen LogP contribution >= 0.6 is 0 Å². The Morgan fingerprint density at radius 3 is 1.79 bits per heavy atom. The van der Waals surface area contributed by atoms with Gasteiger partial charge in [-0.05, 0) is 19.0 Å². The Morgan fingerprint density at radius 1 is 1.14 bits per heavy atom. The summed E-state index contributed by atoms with van der Waals surface area (Å²) in [6.07, 6.45) is 0.768. The Morgan fingerprint density at radius 2 is 1.57 bits per heavy atom. The first kappa shape index (κ1) is 16.4. The fraction of sp³-hybridized carbons (Fsp3) is 1.00. The van der Waals surface area contributed by atoms with Crippen LogP contribution in [-0.4, -0.2) is 47.6 Å². The average molecular weight is 224 g/mol. The molecule has 88 valence electrons. The zero-order chi connectivity index (χ0) is 11.4. The maximum absolute atomic E-state index is 8.53. The highest BCUT2D eigenvalue weighted by Gasteiger charge is 2.27. The van der Waals surface area contributed by atoms with Gasteiger partial charge in [-0.1, -0.05) is 0 Å². The number of hydrogen-bond acceptors (Lipinski definition) is 5. The molecule has 0 spiro atoms. The average Bonchev–Trinajstić information content (AvgIpc) is 2.26. The van der Waals surface area contributed by atoms with Crippen LogP contribution in [0.3, 0.4) is 0 Å². The zero-order valence-corrected chi connectivity index (χ0v) is 10.5. The van der Waals surface area contributed by atoms with Crippen LogP contribution < -0.4 is 11.5 Å². The summed E-state index contributed by atoms with van der Waals surface area (Å²) in [4.78, 5) is 0. The standard InChI is InChI=1S/C6H16O3Si.C2H8N2/c1-8-10(3,9-2)6-4-5-7;3-1-2-4/h7H,4-6H2,1-3H3;1-4H2. The molecule has 0 fully saturated rings. The van der Waals surface area contributed by atoms with Gasteiger partial charge in [0.2, 0.25) is 0 Å². The predicted molar refractivity (Wildman–Crippen MR) is 60.3 cm³/mol. The van der Waals surface area contributed by atoms with E-state index in [1.807, 2.05) is 6.55 Å². The fourth-order valence-electron chi connectivity index (χ4n) is 0.688. The molecule has 0 atom stereocenters. The van der Waals surface area contributed by atoms with Gasteiger partial charge in [0.15, 0.2) is 0 Å². The van der Waals surface area contributed by atoms with Crippen LogP contribution in [0.5, 0.6) is 0 Å². The summed E-state index contributed by atoms with van der Waals surface area (Å²) in [5.41, 5.74) is 9.81. The molecule has 14 heavy (non-hydrogen) atoms. The molecular formula is C8H24N2O3Si. The maximum atomic E-state index is 8.53. The summed E-state index contributed by atoms with van der Waals surface area (Å²) < 4.78 is 10.4. The largest absolute Gasteiger partial charge is 0.398 e. The summed E-state index contributed by atoms with van der Waals surface area (Å²) in [7, 11) is 1.44. The molecule has 0 rings (SSSR count). The molecular weight excluding hydrogens is 200 g/mol. The lowest BCUT2D eigenvalue weighted by atomic mass is 10.5. The number of rotatable bonds is 6. The van der Waals surface area contributed by atoms with Crippen molar-refractivity contribution in [1.29, 1.82) is 0 Å². The van der Waals surface area contributed by atoms with E-state index in [1.165, 1.54) is 0 Å². The molecule has 0 aliphatic rings. The first-order valence-electron chi connectivity index (χ1n) is 4.71. The van der Waals surface area contributed by atoms with Gasteiger partial charge in [-0.25, -0.2) is 0 Å². The van der Waals surface area contributed by atoms with Gasteiger partial charge in [0.05, 0.1) is 0 Å². The molecule has 0 radical (unpaired) electrons. The van der Waals surface area contributed by atoms with Gasteiger partial charge in [-0.15, -0.1) is 0 Å². The Labute approximate surface area is 87.6 Å². The Hall–Kier alpha value is 0.0169. The molecule has 5 nitrogen and oxygen atoms in total. The van der Waals surface area contributed by atoms with E-state index in [4.69, 9.17) is 25.4 Å². The quantitative estimate of drug-likeness (QED) is 0.536. The van der Waals surface area contributed by atoms with E-state index in [1.54, 1.807) is 14.2 Å². The molecule has 0 aromatic carbocycles. The maximum Gasteiger partial charge on any atom is 0.334 e. The topological polar surface area (TPSA) is 90.7 Å². The number of nitrogens with two attached hydrogens (primary N) is 2. The molecule has 0 amide bonds. The minimum atomic E-state index is -1.88. The summed E-state index contributed by atoms with van der Waals surface area (Å²) >= 11 is 0. The van der Waals surface area contributed by atoms with Crippen LogP contribution in [0.4, 0.5) is 0 Å². The van der Waals surface area contributed by atoms with Crippen LogP contribution in [0.2, 0.25) is 12.6 Å². The highest BCUT2D eigenvalue weighted by Crippen LogP contribution is 2.12. The molecule has 0 saturated carbocycles. The van der Waals surface area contributed by atoms with Crippen molar-refractivity contribution in [3.05, 3.63) is 0 Å². The van der Waals surface area contributed by atoms with Crippen LogP contribution in [0.15, 0.2) is 0 Å². The Balaban J connectivity index is 0. The van der Waals surface area contributed by atoms with Crippen LogP contribution in [0, 0.1) is 0 Å². The van der Waals surface area contributed by atoms with Crippen LogP contribution in [0.25, 0.3) is 0 Å². The molecule has 0 unspecified atom stereocenters. The lowest BCUT2D eigenvalue weighted by molar-refractivity contribution is 0.238. The van der Waals surface area contributed by atoms with Gasteiger partial charge in [-0.2, -0.15) is 0 Å². The van der Waals surface area contributed by atoms with E-state index in [-0.39, 0.29) is 6.61 Å². The molecule has 0 aromatic heterocycles. The smallest absolute Gasteiger partial charge is 0.334 e. The van der Waals surface area contributed by atoms with Crippen LogP contribution in [-0.2, 0) is 8.85 Å². The van der Waals surface area contributed by atoms with E-state index in [0.717, 1.165) is 12.5 Å². The van der Waals surface area contributed by atoms with Crippen molar-refractivity contribution in [2.24, 2.45) is 11.5 Å². The fourth-order valence-corrected chi connectivity index (χ4v) is 2.06. The SMILES string of the molecule is CO[Si](C)(CCCO)OC.NCCN. The summed E-state index contributed by atoms with van der Waals surface area (Å²) in [6, 6.07) is 0.858. The molecule has 6 heteroatoms. The van der Waals surface area contributed by atoms with E-state index in [0.29, 0.717) is 13.1 Å². The number of hydrogen-bond donors (Lipinski definition) is 3. The van der Waals surface area contributed by atoms with Gasteiger partial charge in [0.1, 0.15) is 0 Å². The van der Waals surface area contributed by atoms with E-state index >= 15 is 0 Å². The first-order valence-corrected chi connectivity index (χ1v) is 7.23. The van der Waals surface area contributed by atoms with Crippen molar-refractivity contribution in [2.75, 3.05) is 33.9 Å². The monoisotopic (exact) mass is 224 g/mol. The Bertz CT molecular complexity index is 111. The zero-order valence-electron chi connectivity index (χ0n) is 9.45. The molecule has 0 heterocycles. The lowest BCUT2D eigenvalue weighted by Crippen LogP contribution is -2.35. The second-order valence-electron chi connectivity index (χ2n) is 2.95. The van der Waals surface area contributed by atoms with Gasteiger partial charge in [0.25, 0.3) is 0 Å². The Kier molecular flexibility index (Phi) is 13.0. The van der Waals surface area contributed by atoms with Gasteiger partial charge < -0.3 is 25.4 Å². The third-order valence-electron chi connectivity index (χ3n) is 1.82. The van der Waals surface area contributed by atoms with Gasteiger partial charge in [0, 0.05) is 33.9 Å². The van der Waals surface area contributed by atoms with Crippen molar-refractivity contribution in [3.8, 4) is 0 Å². The summed E-state index contributed by atoms with van der Waals surface area (Å²) in [5.74, 6) is 0. The first-order chi connectivity index (χ1) is 6.60. The second kappa shape index (κ2) is 11.1. The van der Waals surface area contributed by atoms with Crippen LogP contribution in [0.1, 0.15) is 6.42 Å². The molecule has 5 N–H and O–H groups in total. The number of aliphatic hydroxyl groups excluding tert-OH is 1. The van der Waals surface area contributed by atoms with Crippen molar-refractivity contribution in [3.63, 3.8) is 0 Å². The third kappa shape index (κ3) is 10.1. The molecule has 0 aliphatic carbocycles. The highest BCUT2D eigenvalue weighted by atomic mass is 28.4. The normalized spacial score (nSPS) is 10.7. The summed E-state index contributed by atoms with van der Waals surface area (Å²) in [5, 5.41) is 8.53. The van der Waals surface area contributed by atoms with Gasteiger partial charge >= 0.3 is 8.56 Å². The highest BCUT2D eigenvalue weighted by molar-refractivity contribution is 6.65. The minimum absolute atomic E-state index is 0.218. The molecule has 0 aromatic rings. The third-order valence-corrected chi connectivity index (χ3v) is 4.81. The van der Waals surface area contributed by atoms with E-state index in [2.05, 4.69) is 0 Å². The van der Waals surface area contributed by atoms with E-state index < -0.39 is 8.56 Å². The second-order valence-corrected chi connectivity index (χ2v) is 6.53. The number of aliphatic hydroxyl groups is 1. The molecule has 0 saturated heterocycles. The molecule has 0 aliphatic heterocycles. The summed E-state index contributed by atoms with van der Waals surface area (Å²) in [6.45, 7) is 3.40. The van der Waals surface area contributed by atoms with Crippen molar-refractivity contribution < 1.29 is 14.0 Å². The van der Waals surface area contributed by atoms with Crippen molar-refractivity contribution in [2.45, 2.75) is 19.0 Å². The van der Waals surface area contributed by atoms with Crippen molar-refractivity contribution in [1.82, 2.24) is 0 Å². The van der Waals surface area contributed by atoms with Gasteiger partial charge in [-0.3, -0.25) is 0 Å².